The van der Waals surface area contributed by atoms with Gasteiger partial charge in [-0.1, -0.05) is 43.7 Å². The van der Waals surface area contributed by atoms with Crippen LogP contribution in [0.2, 0.25) is 0 Å². The van der Waals surface area contributed by atoms with Gasteiger partial charge in [0.1, 0.15) is 5.75 Å². The van der Waals surface area contributed by atoms with Crippen molar-refractivity contribution < 1.29 is 13.5 Å². The van der Waals surface area contributed by atoms with Crippen molar-refractivity contribution in [1.29, 1.82) is 0 Å². The molecule has 0 spiro atoms. The Labute approximate surface area is 198 Å². The topological polar surface area (TPSA) is 9.23 Å². The van der Waals surface area contributed by atoms with Gasteiger partial charge in [-0.2, -0.15) is 0 Å². The van der Waals surface area contributed by atoms with E-state index in [0.29, 0.717) is 29.0 Å². The third-order valence-corrected chi connectivity index (χ3v) is 8.04. The summed E-state index contributed by atoms with van der Waals surface area (Å²) in [6.45, 7) is 6.67. The molecule has 3 heteroatoms. The van der Waals surface area contributed by atoms with Crippen LogP contribution in [0.25, 0.3) is 11.1 Å². The number of hydrogen-bond donors (Lipinski definition) is 0. The van der Waals surface area contributed by atoms with Gasteiger partial charge in [0.2, 0.25) is 0 Å². The van der Waals surface area contributed by atoms with Crippen LogP contribution in [0.3, 0.4) is 0 Å². The van der Waals surface area contributed by atoms with Crippen LogP contribution >= 0.6 is 0 Å². The highest BCUT2D eigenvalue weighted by molar-refractivity contribution is 5.65. The average Bonchev–Trinajstić information content (AvgIpc) is 2.87. The van der Waals surface area contributed by atoms with Crippen molar-refractivity contribution in [3.8, 4) is 16.9 Å². The lowest BCUT2D eigenvalue weighted by Gasteiger charge is -2.37. The van der Waals surface area contributed by atoms with E-state index in [2.05, 4.69) is 12.7 Å². The van der Waals surface area contributed by atoms with Crippen LogP contribution in [0.5, 0.6) is 5.75 Å². The van der Waals surface area contributed by atoms with E-state index < -0.39 is 11.6 Å². The number of hydrogen-bond acceptors (Lipinski definition) is 1. The molecule has 0 amide bonds. The molecule has 0 aliphatic heterocycles. The zero-order valence-electron chi connectivity index (χ0n) is 20.0. The standard InChI is InChI=1S/C30H38F2O/c1-3-5-26-16-19-28(30(32)29(26)31)25-14-17-27(18-15-25)33-20-22-8-12-24(13-9-22)23-10-6-21(4-2)7-11-23/h4,14-19,21-24H,2-3,5-13,20H2,1H3. The number of ether oxygens (including phenoxy) is 1. The van der Waals surface area contributed by atoms with Crippen molar-refractivity contribution in [3.63, 3.8) is 0 Å². The number of allylic oxidation sites excluding steroid dienone is 1. The van der Waals surface area contributed by atoms with Gasteiger partial charge < -0.3 is 4.74 Å². The monoisotopic (exact) mass is 452 g/mol. The Kier molecular flexibility index (Phi) is 8.22. The first-order chi connectivity index (χ1) is 16.1. The maximum absolute atomic E-state index is 14.6. The molecular weight excluding hydrogens is 414 g/mol. The molecule has 0 saturated heterocycles. The van der Waals surface area contributed by atoms with Crippen molar-refractivity contribution in [2.45, 2.75) is 71.1 Å². The van der Waals surface area contributed by atoms with E-state index in [0.717, 1.165) is 36.5 Å². The summed E-state index contributed by atoms with van der Waals surface area (Å²) >= 11 is 0. The molecule has 2 aromatic rings. The summed E-state index contributed by atoms with van der Waals surface area (Å²) in [6.07, 6.45) is 14.0. The fourth-order valence-electron chi connectivity index (χ4n) is 5.90. The first kappa shape index (κ1) is 24.0. The Morgan fingerprint density at radius 3 is 2.09 bits per heavy atom. The predicted octanol–water partition coefficient (Wildman–Crippen LogP) is 8.76. The molecule has 0 N–H and O–H groups in total. The molecule has 0 heterocycles. The van der Waals surface area contributed by atoms with Gasteiger partial charge in [0.15, 0.2) is 11.6 Å². The molecule has 0 atom stereocenters. The minimum Gasteiger partial charge on any atom is -0.493 e. The summed E-state index contributed by atoms with van der Waals surface area (Å²) in [5.74, 6) is 2.48. The predicted molar refractivity (Wildman–Crippen MR) is 132 cm³/mol. The van der Waals surface area contributed by atoms with Gasteiger partial charge in [0.25, 0.3) is 0 Å². The van der Waals surface area contributed by atoms with Gasteiger partial charge in [0, 0.05) is 5.56 Å². The summed E-state index contributed by atoms with van der Waals surface area (Å²) in [4.78, 5) is 0. The van der Waals surface area contributed by atoms with E-state index in [1.807, 2.05) is 31.2 Å². The number of benzene rings is 2. The minimum absolute atomic E-state index is 0.305. The van der Waals surface area contributed by atoms with E-state index >= 15 is 0 Å². The van der Waals surface area contributed by atoms with Gasteiger partial charge in [0.05, 0.1) is 6.61 Å². The molecule has 4 rings (SSSR count). The number of rotatable bonds is 8. The molecular formula is C30H38F2O. The lowest BCUT2D eigenvalue weighted by Crippen LogP contribution is -2.27. The van der Waals surface area contributed by atoms with Gasteiger partial charge in [-0.3, -0.25) is 0 Å². The van der Waals surface area contributed by atoms with E-state index in [1.54, 1.807) is 12.1 Å². The lowest BCUT2D eigenvalue weighted by atomic mass is 9.69. The fraction of sp³-hybridized carbons (Fsp3) is 0.533. The van der Waals surface area contributed by atoms with Crippen LogP contribution in [0, 0.1) is 35.3 Å². The molecule has 2 aliphatic rings. The Balaban J connectivity index is 1.26. The molecule has 0 radical (unpaired) electrons. The smallest absolute Gasteiger partial charge is 0.166 e. The molecule has 0 unspecified atom stereocenters. The van der Waals surface area contributed by atoms with E-state index in [9.17, 15) is 8.78 Å². The first-order valence-corrected chi connectivity index (χ1v) is 12.9. The van der Waals surface area contributed by atoms with E-state index in [4.69, 9.17) is 4.74 Å². The van der Waals surface area contributed by atoms with Gasteiger partial charge in [-0.15, -0.1) is 6.58 Å². The van der Waals surface area contributed by atoms with Crippen LogP contribution in [0.4, 0.5) is 8.78 Å². The largest absolute Gasteiger partial charge is 0.493 e. The zero-order valence-corrected chi connectivity index (χ0v) is 20.0. The maximum atomic E-state index is 14.6. The van der Waals surface area contributed by atoms with Crippen LogP contribution in [0.15, 0.2) is 49.1 Å². The van der Waals surface area contributed by atoms with E-state index in [-0.39, 0.29) is 0 Å². The molecule has 1 nitrogen and oxygen atoms in total. The molecule has 178 valence electrons. The van der Waals surface area contributed by atoms with Crippen LogP contribution < -0.4 is 4.74 Å². The number of aryl methyl sites for hydroxylation is 1. The molecule has 0 aromatic heterocycles. The Bertz CT molecular complexity index is 904. The molecule has 2 aromatic carbocycles. The second-order valence-electron chi connectivity index (χ2n) is 10.2. The number of halogens is 2. The third kappa shape index (κ3) is 5.86. The highest BCUT2D eigenvalue weighted by atomic mass is 19.2. The summed E-state index contributed by atoms with van der Waals surface area (Å²) in [5.41, 5.74) is 1.42. The molecule has 33 heavy (non-hydrogen) atoms. The van der Waals surface area contributed by atoms with Crippen molar-refractivity contribution in [3.05, 3.63) is 66.3 Å². The van der Waals surface area contributed by atoms with Crippen molar-refractivity contribution >= 4 is 0 Å². The quantitative estimate of drug-likeness (QED) is 0.364. The highest BCUT2D eigenvalue weighted by Gasteiger charge is 2.30. The van der Waals surface area contributed by atoms with Crippen molar-refractivity contribution in [2.75, 3.05) is 6.61 Å². The Morgan fingerprint density at radius 2 is 1.48 bits per heavy atom. The van der Waals surface area contributed by atoms with Crippen LogP contribution in [0.1, 0.15) is 70.3 Å². The molecule has 2 aliphatic carbocycles. The fourth-order valence-corrected chi connectivity index (χ4v) is 5.90. The Morgan fingerprint density at radius 1 is 0.848 bits per heavy atom. The molecule has 0 bridgehead atoms. The van der Waals surface area contributed by atoms with Crippen molar-refractivity contribution in [1.82, 2.24) is 0 Å². The average molecular weight is 453 g/mol. The van der Waals surface area contributed by atoms with Crippen LogP contribution in [-0.4, -0.2) is 6.61 Å². The van der Waals surface area contributed by atoms with Gasteiger partial charge >= 0.3 is 0 Å². The van der Waals surface area contributed by atoms with E-state index in [1.165, 1.54) is 51.4 Å². The first-order valence-electron chi connectivity index (χ1n) is 12.9. The second kappa shape index (κ2) is 11.3. The summed E-state index contributed by atoms with van der Waals surface area (Å²) in [7, 11) is 0. The normalized spacial score (nSPS) is 25.5. The Hall–Kier alpha value is -2.16. The SMILES string of the molecule is C=CC1CCC(C2CCC(COc3ccc(-c4ccc(CCC)c(F)c4F)cc3)CC2)CC1. The second-order valence-corrected chi connectivity index (χ2v) is 10.2. The summed E-state index contributed by atoms with van der Waals surface area (Å²) < 4.78 is 34.9. The van der Waals surface area contributed by atoms with Crippen molar-refractivity contribution in [2.24, 2.45) is 23.7 Å². The molecule has 2 fully saturated rings. The minimum atomic E-state index is -0.760. The summed E-state index contributed by atoms with van der Waals surface area (Å²) in [6, 6.07) is 10.8. The zero-order chi connectivity index (χ0) is 23.2. The lowest BCUT2D eigenvalue weighted by molar-refractivity contribution is 0.129. The highest BCUT2D eigenvalue weighted by Crippen LogP contribution is 2.41. The maximum Gasteiger partial charge on any atom is 0.166 e. The van der Waals surface area contributed by atoms with Crippen LogP contribution in [-0.2, 0) is 6.42 Å². The van der Waals surface area contributed by atoms with Gasteiger partial charge in [-0.05, 0) is 105 Å². The van der Waals surface area contributed by atoms with Gasteiger partial charge in [-0.25, -0.2) is 8.78 Å². The molecule has 2 saturated carbocycles. The summed E-state index contributed by atoms with van der Waals surface area (Å²) in [5, 5.41) is 0. The third-order valence-electron chi connectivity index (χ3n) is 8.04.